The van der Waals surface area contributed by atoms with Gasteiger partial charge in [0.25, 0.3) is 0 Å². The van der Waals surface area contributed by atoms with Gasteiger partial charge >= 0.3 is 0 Å². The van der Waals surface area contributed by atoms with E-state index in [4.69, 9.17) is 9.47 Å². The molecule has 2 aromatic rings. The zero-order valence-corrected chi connectivity index (χ0v) is 14.8. The minimum absolute atomic E-state index is 0.191. The highest BCUT2D eigenvalue weighted by atomic mass is 19.1. The van der Waals surface area contributed by atoms with E-state index < -0.39 is 0 Å². The molecule has 0 fully saturated rings. The normalized spacial score (nSPS) is 11.1. The van der Waals surface area contributed by atoms with Crippen molar-refractivity contribution < 1.29 is 13.9 Å². The predicted molar refractivity (Wildman–Crippen MR) is 99.3 cm³/mol. The number of nitrogens with zero attached hydrogens (tertiary/aromatic N) is 1. The van der Waals surface area contributed by atoms with Gasteiger partial charge in [-0.05, 0) is 37.1 Å². The molecule has 0 radical (unpaired) electrons. The molecule has 0 saturated heterocycles. The lowest BCUT2D eigenvalue weighted by Gasteiger charge is -2.14. The second kappa shape index (κ2) is 9.52. The van der Waals surface area contributed by atoms with Crippen LogP contribution in [-0.4, -0.2) is 33.3 Å². The van der Waals surface area contributed by atoms with Crippen molar-refractivity contribution in [1.82, 2.24) is 5.32 Å². The molecule has 0 aliphatic heterocycles. The average molecular weight is 345 g/mol. The Bertz CT molecular complexity index is 720. The third kappa shape index (κ3) is 5.38. The molecule has 0 aliphatic rings. The van der Waals surface area contributed by atoms with Gasteiger partial charge in [0.1, 0.15) is 5.82 Å². The third-order valence-corrected chi connectivity index (χ3v) is 3.59. The van der Waals surface area contributed by atoms with Crippen LogP contribution in [0.5, 0.6) is 11.5 Å². The van der Waals surface area contributed by atoms with Crippen molar-refractivity contribution in [1.29, 1.82) is 0 Å². The van der Waals surface area contributed by atoms with Crippen LogP contribution in [0, 0.1) is 5.82 Å². The van der Waals surface area contributed by atoms with Gasteiger partial charge in [-0.15, -0.1) is 0 Å². The van der Waals surface area contributed by atoms with Crippen molar-refractivity contribution in [3.05, 3.63) is 53.8 Å². The summed E-state index contributed by atoms with van der Waals surface area (Å²) in [5, 5.41) is 6.35. The number of ether oxygens (including phenoxy) is 2. The molecule has 0 aliphatic carbocycles. The number of benzene rings is 2. The summed E-state index contributed by atoms with van der Waals surface area (Å²) >= 11 is 0. The van der Waals surface area contributed by atoms with Gasteiger partial charge in [0, 0.05) is 25.3 Å². The summed E-state index contributed by atoms with van der Waals surface area (Å²) in [5.41, 5.74) is 1.49. The van der Waals surface area contributed by atoms with Crippen molar-refractivity contribution in [3.8, 4) is 11.5 Å². The third-order valence-electron chi connectivity index (χ3n) is 3.59. The highest BCUT2D eigenvalue weighted by Gasteiger charge is 2.07. The summed E-state index contributed by atoms with van der Waals surface area (Å²) < 4.78 is 24.5. The van der Waals surface area contributed by atoms with Crippen LogP contribution in [-0.2, 0) is 6.42 Å². The van der Waals surface area contributed by atoms with E-state index in [1.165, 1.54) is 6.07 Å². The Balaban J connectivity index is 1.94. The summed E-state index contributed by atoms with van der Waals surface area (Å²) in [7, 11) is 3.29. The molecule has 2 rings (SSSR count). The SMILES string of the molecule is CCOc1ccc(NC(=NC)NCCc2ccccc2F)cc1OC. The fraction of sp³-hybridized carbons (Fsp3) is 0.316. The summed E-state index contributed by atoms with van der Waals surface area (Å²) in [5.74, 6) is 1.75. The highest BCUT2D eigenvalue weighted by Crippen LogP contribution is 2.30. The second-order valence-corrected chi connectivity index (χ2v) is 5.26. The first-order valence-corrected chi connectivity index (χ1v) is 8.19. The molecule has 0 unspecified atom stereocenters. The predicted octanol–water partition coefficient (Wildman–Crippen LogP) is 3.46. The van der Waals surface area contributed by atoms with Crippen molar-refractivity contribution >= 4 is 11.6 Å². The number of nitrogens with one attached hydrogen (secondary N) is 2. The lowest BCUT2D eigenvalue weighted by molar-refractivity contribution is 0.311. The number of anilines is 1. The number of hydrogen-bond acceptors (Lipinski definition) is 3. The lowest BCUT2D eigenvalue weighted by atomic mass is 10.1. The first kappa shape index (κ1) is 18.6. The zero-order valence-electron chi connectivity index (χ0n) is 14.8. The Morgan fingerprint density at radius 3 is 2.64 bits per heavy atom. The number of guanidine groups is 1. The molecule has 0 heterocycles. The van der Waals surface area contributed by atoms with E-state index >= 15 is 0 Å². The monoisotopic (exact) mass is 345 g/mol. The van der Waals surface area contributed by atoms with E-state index in [0.29, 0.717) is 42.6 Å². The molecule has 2 N–H and O–H groups in total. The first-order valence-electron chi connectivity index (χ1n) is 8.19. The average Bonchev–Trinajstić information content (AvgIpc) is 2.63. The van der Waals surface area contributed by atoms with Crippen LogP contribution >= 0.6 is 0 Å². The van der Waals surface area contributed by atoms with Gasteiger partial charge in [0.2, 0.25) is 0 Å². The first-order chi connectivity index (χ1) is 12.2. The summed E-state index contributed by atoms with van der Waals surface area (Å²) in [4.78, 5) is 4.18. The van der Waals surface area contributed by atoms with Crippen molar-refractivity contribution in [2.75, 3.05) is 32.6 Å². The van der Waals surface area contributed by atoms with Gasteiger partial charge in [0.15, 0.2) is 17.5 Å². The Kier molecular flexibility index (Phi) is 7.07. The molecule has 6 heteroatoms. The van der Waals surface area contributed by atoms with Crippen LogP contribution in [0.2, 0.25) is 0 Å². The topological polar surface area (TPSA) is 54.9 Å². The standard InChI is InChI=1S/C19H24FN3O2/c1-4-25-17-10-9-15(13-18(17)24-3)23-19(21-2)22-12-11-14-7-5-6-8-16(14)20/h5-10,13H,4,11-12H2,1-3H3,(H2,21,22,23). The van der Waals surface area contributed by atoms with Gasteiger partial charge in [-0.2, -0.15) is 0 Å². The molecule has 0 atom stereocenters. The largest absolute Gasteiger partial charge is 0.493 e. The summed E-state index contributed by atoms with van der Waals surface area (Å²) in [6, 6.07) is 12.3. The van der Waals surface area contributed by atoms with Crippen LogP contribution in [0.3, 0.4) is 0 Å². The van der Waals surface area contributed by atoms with Crippen LogP contribution < -0.4 is 20.1 Å². The number of rotatable bonds is 7. The number of methoxy groups -OCH3 is 1. The fourth-order valence-electron chi connectivity index (χ4n) is 2.35. The van der Waals surface area contributed by atoms with Crippen molar-refractivity contribution in [2.45, 2.75) is 13.3 Å². The smallest absolute Gasteiger partial charge is 0.195 e. The minimum Gasteiger partial charge on any atom is -0.493 e. The van der Waals surface area contributed by atoms with E-state index in [1.807, 2.05) is 31.2 Å². The molecular formula is C19H24FN3O2. The van der Waals surface area contributed by atoms with E-state index in [9.17, 15) is 4.39 Å². The maximum absolute atomic E-state index is 13.6. The van der Waals surface area contributed by atoms with Crippen LogP contribution in [0.1, 0.15) is 12.5 Å². The quantitative estimate of drug-likeness (QED) is 0.596. The Morgan fingerprint density at radius 2 is 1.96 bits per heavy atom. The number of aliphatic imine (C=N–C) groups is 1. The summed E-state index contributed by atoms with van der Waals surface area (Å²) in [6.07, 6.45) is 0.569. The lowest BCUT2D eigenvalue weighted by Crippen LogP contribution is -2.32. The Morgan fingerprint density at radius 1 is 1.16 bits per heavy atom. The molecule has 2 aromatic carbocycles. The molecule has 0 saturated carbocycles. The minimum atomic E-state index is -0.191. The van der Waals surface area contributed by atoms with Gasteiger partial charge < -0.3 is 20.1 Å². The van der Waals surface area contributed by atoms with Crippen molar-refractivity contribution in [3.63, 3.8) is 0 Å². The molecule has 0 spiro atoms. The molecule has 25 heavy (non-hydrogen) atoms. The number of hydrogen-bond donors (Lipinski definition) is 2. The highest BCUT2D eigenvalue weighted by molar-refractivity contribution is 5.93. The van der Waals surface area contributed by atoms with Gasteiger partial charge in [-0.1, -0.05) is 18.2 Å². The zero-order chi connectivity index (χ0) is 18.1. The fourth-order valence-corrected chi connectivity index (χ4v) is 2.35. The van der Waals surface area contributed by atoms with Crippen LogP contribution in [0.15, 0.2) is 47.5 Å². The van der Waals surface area contributed by atoms with Gasteiger partial charge in [-0.3, -0.25) is 4.99 Å². The molecule has 0 amide bonds. The van der Waals surface area contributed by atoms with Gasteiger partial charge in [0.05, 0.1) is 13.7 Å². The maximum atomic E-state index is 13.6. The van der Waals surface area contributed by atoms with E-state index in [0.717, 1.165) is 5.69 Å². The van der Waals surface area contributed by atoms with Crippen LogP contribution in [0.4, 0.5) is 10.1 Å². The molecule has 0 bridgehead atoms. The molecular weight excluding hydrogens is 321 g/mol. The molecule has 5 nitrogen and oxygen atoms in total. The van der Waals surface area contributed by atoms with E-state index in [1.54, 1.807) is 26.3 Å². The molecule has 0 aromatic heterocycles. The second-order valence-electron chi connectivity index (χ2n) is 5.26. The van der Waals surface area contributed by atoms with Crippen LogP contribution in [0.25, 0.3) is 0 Å². The Hall–Kier alpha value is -2.76. The van der Waals surface area contributed by atoms with E-state index in [-0.39, 0.29) is 5.82 Å². The number of halogens is 1. The summed E-state index contributed by atoms with van der Waals surface area (Å²) in [6.45, 7) is 3.06. The van der Waals surface area contributed by atoms with Gasteiger partial charge in [-0.25, -0.2) is 4.39 Å². The Labute approximate surface area is 147 Å². The molecule has 134 valence electrons. The van der Waals surface area contributed by atoms with Crippen molar-refractivity contribution in [2.24, 2.45) is 4.99 Å². The van der Waals surface area contributed by atoms with E-state index in [2.05, 4.69) is 15.6 Å². The maximum Gasteiger partial charge on any atom is 0.195 e.